The number of likely N-dealkylation sites (tertiary alicyclic amines) is 1. The summed E-state index contributed by atoms with van der Waals surface area (Å²) < 4.78 is 13.0. The fourth-order valence-corrected chi connectivity index (χ4v) is 3.80. The van der Waals surface area contributed by atoms with Crippen LogP contribution >= 0.6 is 0 Å². The Morgan fingerprint density at radius 2 is 1.77 bits per heavy atom. The van der Waals surface area contributed by atoms with Gasteiger partial charge in [0.1, 0.15) is 5.82 Å². The van der Waals surface area contributed by atoms with E-state index in [0.29, 0.717) is 18.0 Å². The molecular formula is C19H29FN2. The summed E-state index contributed by atoms with van der Waals surface area (Å²) >= 11 is 0. The molecule has 1 aliphatic carbocycles. The first-order chi connectivity index (χ1) is 10.7. The highest BCUT2D eigenvalue weighted by Crippen LogP contribution is 2.37. The van der Waals surface area contributed by atoms with Gasteiger partial charge in [0.25, 0.3) is 0 Å². The van der Waals surface area contributed by atoms with Crippen LogP contribution in [0.1, 0.15) is 56.9 Å². The van der Waals surface area contributed by atoms with E-state index in [4.69, 9.17) is 0 Å². The highest BCUT2D eigenvalue weighted by Gasteiger charge is 2.32. The van der Waals surface area contributed by atoms with Crippen LogP contribution in [0.4, 0.5) is 4.39 Å². The number of nitrogens with one attached hydrogen (secondary N) is 1. The summed E-state index contributed by atoms with van der Waals surface area (Å²) in [5.41, 5.74) is 1.30. The first kappa shape index (κ1) is 15.9. The predicted octanol–water partition coefficient (Wildman–Crippen LogP) is 3.93. The van der Waals surface area contributed by atoms with Crippen molar-refractivity contribution in [3.63, 3.8) is 0 Å². The number of hydrogen-bond acceptors (Lipinski definition) is 2. The number of rotatable bonds is 6. The van der Waals surface area contributed by atoms with Crippen LogP contribution in [0.15, 0.2) is 24.3 Å². The van der Waals surface area contributed by atoms with Gasteiger partial charge in [0, 0.05) is 12.1 Å². The van der Waals surface area contributed by atoms with Crippen LogP contribution in [-0.4, -0.2) is 36.6 Å². The molecule has 1 saturated carbocycles. The van der Waals surface area contributed by atoms with E-state index in [9.17, 15) is 4.39 Å². The molecule has 3 rings (SSSR count). The first-order valence-corrected chi connectivity index (χ1v) is 8.98. The summed E-state index contributed by atoms with van der Waals surface area (Å²) in [5, 5.41) is 3.84. The van der Waals surface area contributed by atoms with Gasteiger partial charge in [-0.2, -0.15) is 0 Å². The molecule has 22 heavy (non-hydrogen) atoms. The lowest BCUT2D eigenvalue weighted by atomic mass is 9.75. The fraction of sp³-hybridized carbons (Fsp3) is 0.684. The summed E-state index contributed by atoms with van der Waals surface area (Å²) in [6, 6.07) is 8.44. The van der Waals surface area contributed by atoms with Gasteiger partial charge >= 0.3 is 0 Å². The van der Waals surface area contributed by atoms with Gasteiger partial charge in [-0.15, -0.1) is 0 Å². The van der Waals surface area contributed by atoms with Crippen molar-refractivity contribution < 1.29 is 4.39 Å². The van der Waals surface area contributed by atoms with Crippen LogP contribution in [0.25, 0.3) is 0 Å². The monoisotopic (exact) mass is 304 g/mol. The van der Waals surface area contributed by atoms with Gasteiger partial charge in [-0.3, -0.25) is 0 Å². The molecular weight excluding hydrogens is 275 g/mol. The Kier molecular flexibility index (Phi) is 5.48. The molecule has 2 fully saturated rings. The van der Waals surface area contributed by atoms with Crippen molar-refractivity contribution in [3.8, 4) is 0 Å². The molecule has 1 aromatic rings. The molecule has 1 aliphatic heterocycles. The summed E-state index contributed by atoms with van der Waals surface area (Å²) in [6.45, 7) is 6.05. The van der Waals surface area contributed by atoms with Crippen molar-refractivity contribution in [2.24, 2.45) is 0 Å². The van der Waals surface area contributed by atoms with Crippen molar-refractivity contribution in [1.29, 1.82) is 0 Å². The molecule has 3 heteroatoms. The highest BCUT2D eigenvalue weighted by molar-refractivity contribution is 5.23. The van der Waals surface area contributed by atoms with E-state index in [-0.39, 0.29) is 5.82 Å². The second-order valence-electron chi connectivity index (χ2n) is 7.05. The normalized spacial score (nSPS) is 26.8. The summed E-state index contributed by atoms with van der Waals surface area (Å²) in [6.07, 6.45) is 7.64. The lowest BCUT2D eigenvalue weighted by Gasteiger charge is -2.41. The van der Waals surface area contributed by atoms with Crippen LogP contribution in [0.2, 0.25) is 0 Å². The second-order valence-corrected chi connectivity index (χ2v) is 7.05. The minimum atomic E-state index is -0.132. The molecule has 1 aromatic carbocycles. The first-order valence-electron chi connectivity index (χ1n) is 8.98. The van der Waals surface area contributed by atoms with E-state index in [2.05, 4.69) is 17.1 Å². The number of unbranched alkanes of at least 4 members (excludes halogenated alkanes) is 1. The zero-order valence-corrected chi connectivity index (χ0v) is 13.7. The molecule has 0 aromatic heterocycles. The van der Waals surface area contributed by atoms with E-state index in [0.717, 1.165) is 0 Å². The van der Waals surface area contributed by atoms with E-state index >= 15 is 0 Å². The molecule has 0 spiro atoms. The minimum absolute atomic E-state index is 0.132. The lowest BCUT2D eigenvalue weighted by molar-refractivity contribution is 0.169. The van der Waals surface area contributed by atoms with Gasteiger partial charge in [-0.25, -0.2) is 4.39 Å². The molecule has 122 valence electrons. The number of halogens is 1. The van der Waals surface area contributed by atoms with E-state index in [1.165, 1.54) is 63.7 Å². The van der Waals surface area contributed by atoms with E-state index < -0.39 is 0 Å². The van der Waals surface area contributed by atoms with Gasteiger partial charge < -0.3 is 10.2 Å². The standard InChI is InChI=1S/C19H29FN2/c1-2-3-10-22-11-8-18(9-12-22)21-19-13-16(14-19)15-4-6-17(20)7-5-15/h4-7,16,18-19,21H,2-3,8-14H2,1H3. The molecule has 2 aliphatic rings. The van der Waals surface area contributed by atoms with E-state index in [1.54, 1.807) is 12.1 Å². The maximum atomic E-state index is 13.0. The van der Waals surface area contributed by atoms with E-state index in [1.807, 2.05) is 12.1 Å². The molecule has 2 nitrogen and oxygen atoms in total. The van der Waals surface area contributed by atoms with Crippen LogP contribution in [0.3, 0.4) is 0 Å². The largest absolute Gasteiger partial charge is 0.311 e. The van der Waals surface area contributed by atoms with Gasteiger partial charge in [0.05, 0.1) is 0 Å². The van der Waals surface area contributed by atoms with Crippen molar-refractivity contribution in [2.75, 3.05) is 19.6 Å². The molecule has 1 N–H and O–H groups in total. The molecule has 1 saturated heterocycles. The summed E-state index contributed by atoms with van der Waals surface area (Å²) in [7, 11) is 0. The van der Waals surface area contributed by atoms with Crippen LogP contribution in [-0.2, 0) is 0 Å². The van der Waals surface area contributed by atoms with Gasteiger partial charge in [0.15, 0.2) is 0 Å². The zero-order chi connectivity index (χ0) is 15.4. The van der Waals surface area contributed by atoms with Gasteiger partial charge in [0.2, 0.25) is 0 Å². The topological polar surface area (TPSA) is 15.3 Å². The third-order valence-corrected chi connectivity index (χ3v) is 5.37. The van der Waals surface area contributed by atoms with Crippen LogP contribution in [0, 0.1) is 5.82 Å². The lowest BCUT2D eigenvalue weighted by Crippen LogP contribution is -2.50. The Morgan fingerprint density at radius 1 is 1.09 bits per heavy atom. The average molecular weight is 304 g/mol. The van der Waals surface area contributed by atoms with Crippen molar-refractivity contribution in [2.45, 2.75) is 63.5 Å². The zero-order valence-electron chi connectivity index (χ0n) is 13.7. The SMILES string of the molecule is CCCCN1CCC(NC2CC(c3ccc(F)cc3)C2)CC1. The predicted molar refractivity (Wildman–Crippen MR) is 89.7 cm³/mol. The Hall–Kier alpha value is -0.930. The minimum Gasteiger partial charge on any atom is -0.311 e. The maximum Gasteiger partial charge on any atom is 0.123 e. The number of hydrogen-bond donors (Lipinski definition) is 1. The van der Waals surface area contributed by atoms with Crippen LogP contribution in [0.5, 0.6) is 0 Å². The van der Waals surface area contributed by atoms with Crippen LogP contribution < -0.4 is 5.32 Å². The average Bonchev–Trinajstić information content (AvgIpc) is 2.51. The quantitative estimate of drug-likeness (QED) is 0.857. The summed E-state index contributed by atoms with van der Waals surface area (Å²) in [4.78, 5) is 2.61. The molecule has 0 radical (unpaired) electrons. The number of benzene rings is 1. The number of nitrogens with zero attached hydrogens (tertiary/aromatic N) is 1. The second kappa shape index (κ2) is 7.56. The molecule has 1 heterocycles. The van der Waals surface area contributed by atoms with Crippen molar-refractivity contribution in [3.05, 3.63) is 35.6 Å². The molecule has 0 bridgehead atoms. The fourth-order valence-electron chi connectivity index (χ4n) is 3.80. The molecule has 0 atom stereocenters. The maximum absolute atomic E-state index is 13.0. The third-order valence-electron chi connectivity index (χ3n) is 5.37. The molecule has 0 unspecified atom stereocenters. The van der Waals surface area contributed by atoms with Gasteiger partial charge in [-0.05, 0) is 75.4 Å². The molecule has 0 amide bonds. The number of piperidine rings is 1. The smallest absolute Gasteiger partial charge is 0.123 e. The van der Waals surface area contributed by atoms with Gasteiger partial charge in [-0.1, -0.05) is 25.5 Å². The Labute approximate surface area is 134 Å². The highest BCUT2D eigenvalue weighted by atomic mass is 19.1. The Bertz CT molecular complexity index is 445. The Morgan fingerprint density at radius 3 is 2.41 bits per heavy atom. The Balaban J connectivity index is 1.35. The summed E-state index contributed by atoms with van der Waals surface area (Å²) in [5.74, 6) is 0.496. The third kappa shape index (κ3) is 4.08. The van der Waals surface area contributed by atoms with Crippen molar-refractivity contribution in [1.82, 2.24) is 10.2 Å². The van der Waals surface area contributed by atoms with Crippen molar-refractivity contribution >= 4 is 0 Å².